The van der Waals surface area contributed by atoms with Gasteiger partial charge in [-0.2, -0.15) is 0 Å². The minimum Gasteiger partial charge on any atom is -0.497 e. The van der Waals surface area contributed by atoms with E-state index in [9.17, 15) is 4.79 Å². The van der Waals surface area contributed by atoms with Crippen LogP contribution in [0.4, 0.5) is 5.69 Å². The molecule has 0 spiro atoms. The third kappa shape index (κ3) is 2.69. The highest BCUT2D eigenvalue weighted by atomic mass is 32.2. The SMILES string of the molecule is COc1cccc(N2C(=O)C3CSC(c4ccc(C)cc4)N3C2=S)c1. The average Bonchev–Trinajstić information content (AvgIpc) is 3.16. The first-order valence-corrected chi connectivity index (χ1v) is 9.54. The summed E-state index contributed by atoms with van der Waals surface area (Å²) in [7, 11) is 1.62. The number of carbonyl (C=O) groups excluding carboxylic acids is 1. The van der Waals surface area contributed by atoms with E-state index in [1.807, 2.05) is 24.3 Å². The summed E-state index contributed by atoms with van der Waals surface area (Å²) in [5.74, 6) is 1.50. The number of nitrogens with zero attached hydrogens (tertiary/aromatic N) is 2. The molecule has 2 aliphatic heterocycles. The van der Waals surface area contributed by atoms with Crippen molar-refractivity contribution in [1.82, 2.24) is 4.90 Å². The first-order valence-electron chi connectivity index (χ1n) is 8.08. The monoisotopic (exact) mass is 370 g/mol. The number of carbonyl (C=O) groups is 1. The third-order valence-electron chi connectivity index (χ3n) is 4.59. The van der Waals surface area contributed by atoms with Crippen LogP contribution in [0, 0.1) is 6.92 Å². The number of anilines is 1. The van der Waals surface area contributed by atoms with Crippen molar-refractivity contribution < 1.29 is 9.53 Å². The number of rotatable bonds is 3. The van der Waals surface area contributed by atoms with Crippen molar-refractivity contribution in [3.05, 3.63) is 59.7 Å². The van der Waals surface area contributed by atoms with Gasteiger partial charge in [0.25, 0.3) is 5.91 Å². The second kappa shape index (κ2) is 6.35. The van der Waals surface area contributed by atoms with Crippen molar-refractivity contribution in [3.8, 4) is 5.75 Å². The third-order valence-corrected chi connectivity index (χ3v) is 6.31. The van der Waals surface area contributed by atoms with Crippen LogP contribution in [0.25, 0.3) is 0 Å². The quantitative estimate of drug-likeness (QED) is 0.769. The van der Waals surface area contributed by atoms with Gasteiger partial charge in [0.15, 0.2) is 5.11 Å². The Hall–Kier alpha value is -2.05. The van der Waals surface area contributed by atoms with Gasteiger partial charge >= 0.3 is 0 Å². The Balaban J connectivity index is 1.67. The molecule has 128 valence electrons. The van der Waals surface area contributed by atoms with Gasteiger partial charge in [0.2, 0.25) is 0 Å². The molecule has 4 rings (SSSR count). The van der Waals surface area contributed by atoms with Crippen LogP contribution in [0.5, 0.6) is 5.75 Å². The van der Waals surface area contributed by atoms with E-state index >= 15 is 0 Å². The second-order valence-corrected chi connectivity index (χ2v) is 7.66. The smallest absolute Gasteiger partial charge is 0.257 e. The zero-order valence-electron chi connectivity index (χ0n) is 14.0. The van der Waals surface area contributed by atoms with Crippen LogP contribution >= 0.6 is 24.0 Å². The first kappa shape index (κ1) is 16.4. The maximum absolute atomic E-state index is 13.0. The normalized spacial score (nSPS) is 22.5. The van der Waals surface area contributed by atoms with E-state index in [0.29, 0.717) is 10.9 Å². The van der Waals surface area contributed by atoms with Gasteiger partial charge in [0, 0.05) is 11.8 Å². The van der Waals surface area contributed by atoms with Gasteiger partial charge in [-0.1, -0.05) is 35.9 Å². The number of amides is 1. The number of thioether (sulfide) groups is 1. The lowest BCUT2D eigenvalue weighted by atomic mass is 10.1. The summed E-state index contributed by atoms with van der Waals surface area (Å²) < 4.78 is 5.28. The summed E-state index contributed by atoms with van der Waals surface area (Å²) >= 11 is 7.47. The number of ether oxygens (including phenoxy) is 1. The standard InChI is InChI=1S/C19H18N2O2S2/c1-12-6-8-13(9-7-12)18-21-16(11-25-18)17(22)20(19(21)24)14-4-3-5-15(10-14)23-2/h3-10,16,18H,11H2,1-2H3. The number of benzene rings is 2. The van der Waals surface area contributed by atoms with Gasteiger partial charge in [-0.3, -0.25) is 9.69 Å². The van der Waals surface area contributed by atoms with Gasteiger partial charge in [0.1, 0.15) is 17.2 Å². The molecule has 4 nitrogen and oxygen atoms in total. The summed E-state index contributed by atoms with van der Waals surface area (Å²) in [4.78, 5) is 16.7. The first-order chi connectivity index (χ1) is 12.1. The van der Waals surface area contributed by atoms with Gasteiger partial charge in [-0.15, -0.1) is 11.8 Å². The Morgan fingerprint density at radius 1 is 1.20 bits per heavy atom. The molecule has 1 amide bonds. The Morgan fingerprint density at radius 2 is 1.96 bits per heavy atom. The molecule has 25 heavy (non-hydrogen) atoms. The maximum Gasteiger partial charge on any atom is 0.257 e. The van der Waals surface area contributed by atoms with Gasteiger partial charge in [-0.05, 0) is 36.8 Å². The number of methoxy groups -OCH3 is 1. The summed E-state index contributed by atoms with van der Waals surface area (Å²) in [6.45, 7) is 2.07. The van der Waals surface area contributed by atoms with E-state index in [-0.39, 0.29) is 17.3 Å². The van der Waals surface area contributed by atoms with Crippen LogP contribution in [0.15, 0.2) is 48.5 Å². The minimum atomic E-state index is -0.199. The van der Waals surface area contributed by atoms with E-state index in [0.717, 1.165) is 11.4 Å². The number of aryl methyl sites for hydroxylation is 1. The maximum atomic E-state index is 13.0. The fourth-order valence-corrected chi connectivity index (χ4v) is 5.18. The fourth-order valence-electron chi connectivity index (χ4n) is 3.26. The molecule has 0 N–H and O–H groups in total. The highest BCUT2D eigenvalue weighted by Crippen LogP contribution is 2.46. The van der Waals surface area contributed by atoms with Gasteiger partial charge in [-0.25, -0.2) is 0 Å². The van der Waals surface area contributed by atoms with Crippen LogP contribution in [-0.4, -0.2) is 34.8 Å². The zero-order valence-corrected chi connectivity index (χ0v) is 15.6. The number of hydrogen-bond acceptors (Lipinski definition) is 4. The lowest BCUT2D eigenvalue weighted by Crippen LogP contribution is -2.33. The Kier molecular flexibility index (Phi) is 4.17. The predicted molar refractivity (Wildman–Crippen MR) is 105 cm³/mol. The Bertz CT molecular complexity index is 838. The minimum absolute atomic E-state index is 0.0420. The molecule has 0 bridgehead atoms. The highest BCUT2D eigenvalue weighted by Gasteiger charge is 2.50. The molecule has 6 heteroatoms. The summed E-state index contributed by atoms with van der Waals surface area (Å²) in [6.07, 6.45) is 0. The lowest BCUT2D eigenvalue weighted by molar-refractivity contribution is -0.119. The molecule has 2 unspecified atom stereocenters. The number of thiocarbonyl (C=S) groups is 1. The van der Waals surface area contributed by atoms with Crippen molar-refractivity contribution in [2.45, 2.75) is 18.3 Å². The van der Waals surface area contributed by atoms with Crippen LogP contribution in [-0.2, 0) is 4.79 Å². The van der Waals surface area contributed by atoms with Gasteiger partial charge in [0.05, 0.1) is 12.8 Å². The average molecular weight is 370 g/mol. The molecular formula is C19H18N2O2S2. The summed E-state index contributed by atoms with van der Waals surface area (Å²) in [5, 5.41) is 0.650. The molecule has 2 fully saturated rings. The van der Waals surface area contributed by atoms with Crippen LogP contribution in [0.1, 0.15) is 16.5 Å². The van der Waals surface area contributed by atoms with Crippen LogP contribution in [0.3, 0.4) is 0 Å². The van der Waals surface area contributed by atoms with E-state index in [1.54, 1.807) is 23.8 Å². The van der Waals surface area contributed by atoms with Gasteiger partial charge < -0.3 is 9.64 Å². The van der Waals surface area contributed by atoms with E-state index < -0.39 is 0 Å². The lowest BCUT2D eigenvalue weighted by Gasteiger charge is -2.25. The van der Waals surface area contributed by atoms with Crippen LogP contribution in [0.2, 0.25) is 0 Å². The van der Waals surface area contributed by atoms with Crippen molar-refractivity contribution in [2.75, 3.05) is 17.8 Å². The van der Waals surface area contributed by atoms with E-state index in [4.69, 9.17) is 17.0 Å². The molecule has 2 saturated heterocycles. The van der Waals surface area contributed by atoms with Crippen molar-refractivity contribution in [1.29, 1.82) is 0 Å². The molecule has 0 aromatic heterocycles. The zero-order chi connectivity index (χ0) is 17.6. The highest BCUT2D eigenvalue weighted by molar-refractivity contribution is 7.99. The molecule has 2 aromatic carbocycles. The summed E-state index contributed by atoms with van der Waals surface area (Å²) in [5.41, 5.74) is 3.17. The van der Waals surface area contributed by atoms with E-state index in [1.165, 1.54) is 11.1 Å². The molecule has 0 radical (unpaired) electrons. The van der Waals surface area contributed by atoms with Crippen molar-refractivity contribution in [2.24, 2.45) is 0 Å². The van der Waals surface area contributed by atoms with Crippen molar-refractivity contribution in [3.63, 3.8) is 0 Å². The molecule has 0 saturated carbocycles. The molecule has 2 aliphatic rings. The molecule has 2 aromatic rings. The number of hydrogen-bond donors (Lipinski definition) is 0. The number of fused-ring (bicyclic) bond motifs is 1. The largest absolute Gasteiger partial charge is 0.497 e. The Morgan fingerprint density at radius 3 is 2.68 bits per heavy atom. The summed E-state index contributed by atoms with van der Waals surface area (Å²) in [6, 6.07) is 15.7. The molecule has 2 heterocycles. The van der Waals surface area contributed by atoms with Crippen molar-refractivity contribution >= 4 is 40.7 Å². The fraction of sp³-hybridized carbons (Fsp3) is 0.263. The molecule has 2 atom stereocenters. The van der Waals surface area contributed by atoms with Crippen LogP contribution < -0.4 is 9.64 Å². The molecular weight excluding hydrogens is 352 g/mol. The topological polar surface area (TPSA) is 32.8 Å². The Labute approximate surface area is 156 Å². The second-order valence-electron chi connectivity index (χ2n) is 6.18. The predicted octanol–water partition coefficient (Wildman–Crippen LogP) is 3.75. The van der Waals surface area contributed by atoms with E-state index in [2.05, 4.69) is 36.1 Å². The molecule has 0 aliphatic carbocycles.